The summed E-state index contributed by atoms with van der Waals surface area (Å²) in [7, 11) is 0. The smallest absolute Gasteiger partial charge is 0.340 e. The highest BCUT2D eigenvalue weighted by atomic mass is 35.5. The zero-order chi connectivity index (χ0) is 20.1. The summed E-state index contributed by atoms with van der Waals surface area (Å²) in [6.45, 7) is 5.97. The van der Waals surface area contributed by atoms with Crippen molar-refractivity contribution in [3.8, 4) is 5.75 Å². The molecule has 1 aliphatic rings. The number of benzene rings is 3. The lowest BCUT2D eigenvalue weighted by Gasteiger charge is -2.32. The minimum atomic E-state index is -1.08. The number of aryl methyl sites for hydroxylation is 1. The molecule has 0 saturated carbocycles. The quantitative estimate of drug-likeness (QED) is 0.561. The van der Waals surface area contributed by atoms with Crippen LogP contribution < -0.4 is 0 Å². The van der Waals surface area contributed by atoms with Gasteiger partial charge in [0.15, 0.2) is 5.60 Å². The van der Waals surface area contributed by atoms with Crippen LogP contribution in [0.2, 0.25) is 5.02 Å². The van der Waals surface area contributed by atoms with E-state index in [0.29, 0.717) is 10.6 Å². The van der Waals surface area contributed by atoms with Crippen molar-refractivity contribution in [2.45, 2.75) is 32.3 Å². The van der Waals surface area contributed by atoms with Crippen LogP contribution in [0.25, 0.3) is 0 Å². The third-order valence-corrected chi connectivity index (χ3v) is 5.65. The Balaban J connectivity index is 2.09. The summed E-state index contributed by atoms with van der Waals surface area (Å²) in [5, 5.41) is 11.1. The number of cyclic esters (lactones) is 1. The van der Waals surface area contributed by atoms with Crippen LogP contribution in [0.5, 0.6) is 5.75 Å². The second kappa shape index (κ2) is 6.68. The molecular formula is C24H21ClO3. The Morgan fingerprint density at radius 1 is 1.00 bits per heavy atom. The Morgan fingerprint density at radius 3 is 2.36 bits per heavy atom. The van der Waals surface area contributed by atoms with Crippen molar-refractivity contribution in [2.75, 3.05) is 0 Å². The Hall–Kier alpha value is -2.78. The summed E-state index contributed by atoms with van der Waals surface area (Å²) in [4.78, 5) is 12.8. The molecule has 1 N–H and O–H groups in total. The molecular weight excluding hydrogens is 372 g/mol. The summed E-state index contributed by atoms with van der Waals surface area (Å²) < 4.78 is 6.12. The fourth-order valence-corrected chi connectivity index (χ4v) is 4.15. The summed E-state index contributed by atoms with van der Waals surface area (Å²) in [6, 6.07) is 18.5. The Bertz CT molecular complexity index is 1070. The fraction of sp³-hybridized carbons (Fsp3) is 0.208. The van der Waals surface area contributed by atoms with Crippen molar-refractivity contribution < 1.29 is 14.6 Å². The van der Waals surface area contributed by atoms with E-state index in [0.717, 1.165) is 27.8 Å². The van der Waals surface area contributed by atoms with Gasteiger partial charge >= 0.3 is 5.97 Å². The molecule has 3 nitrogen and oxygen atoms in total. The lowest BCUT2D eigenvalue weighted by Crippen LogP contribution is -2.30. The predicted molar refractivity (Wildman–Crippen MR) is 110 cm³/mol. The zero-order valence-corrected chi connectivity index (χ0v) is 16.7. The lowest BCUT2D eigenvalue weighted by atomic mass is 9.77. The molecule has 3 aromatic rings. The van der Waals surface area contributed by atoms with Crippen LogP contribution in [-0.4, -0.2) is 11.1 Å². The van der Waals surface area contributed by atoms with Gasteiger partial charge in [0.05, 0.1) is 5.56 Å². The van der Waals surface area contributed by atoms with E-state index in [1.807, 2.05) is 57.2 Å². The Kier molecular flexibility index (Phi) is 4.43. The van der Waals surface area contributed by atoms with Gasteiger partial charge in [-0.15, -0.1) is 0 Å². The molecule has 1 heterocycles. The van der Waals surface area contributed by atoms with Crippen LogP contribution >= 0.6 is 11.6 Å². The summed E-state index contributed by atoms with van der Waals surface area (Å²) >= 11 is 6.12. The van der Waals surface area contributed by atoms with Crippen LogP contribution in [0.4, 0.5) is 0 Å². The highest BCUT2D eigenvalue weighted by molar-refractivity contribution is 6.30. The van der Waals surface area contributed by atoms with Crippen LogP contribution in [0.15, 0.2) is 60.7 Å². The van der Waals surface area contributed by atoms with E-state index in [1.54, 1.807) is 24.3 Å². The molecule has 28 heavy (non-hydrogen) atoms. The van der Waals surface area contributed by atoms with Gasteiger partial charge in [0, 0.05) is 21.7 Å². The molecule has 142 valence electrons. The fourth-order valence-electron chi connectivity index (χ4n) is 4.02. The number of carbonyl (C=O) groups excluding carboxylic acids is 1. The molecule has 0 radical (unpaired) electrons. The predicted octanol–water partition coefficient (Wildman–Crippen LogP) is 5.94. The van der Waals surface area contributed by atoms with Crippen LogP contribution in [0.3, 0.4) is 0 Å². The third-order valence-electron chi connectivity index (χ3n) is 5.40. The molecule has 0 amide bonds. The molecule has 0 saturated heterocycles. The number of phenolic OH excluding ortho intramolecular Hbond substituents is 1. The van der Waals surface area contributed by atoms with Gasteiger partial charge in [-0.25, -0.2) is 4.79 Å². The third kappa shape index (κ3) is 2.70. The van der Waals surface area contributed by atoms with E-state index in [9.17, 15) is 9.90 Å². The molecule has 1 aliphatic heterocycles. The maximum atomic E-state index is 12.8. The van der Waals surface area contributed by atoms with E-state index in [2.05, 4.69) is 0 Å². The maximum absolute atomic E-state index is 12.8. The Morgan fingerprint density at radius 2 is 1.68 bits per heavy atom. The normalized spacial score (nSPS) is 18.2. The first kappa shape index (κ1) is 18.6. The van der Waals surface area contributed by atoms with Crippen molar-refractivity contribution in [2.24, 2.45) is 0 Å². The molecule has 0 unspecified atom stereocenters. The van der Waals surface area contributed by atoms with Gasteiger partial charge in [-0.1, -0.05) is 55.8 Å². The van der Waals surface area contributed by atoms with Crippen molar-refractivity contribution in [1.29, 1.82) is 0 Å². The molecule has 0 aliphatic carbocycles. The monoisotopic (exact) mass is 392 g/mol. The van der Waals surface area contributed by atoms with Gasteiger partial charge in [-0.3, -0.25) is 0 Å². The highest BCUT2D eigenvalue weighted by Gasteiger charge is 2.49. The van der Waals surface area contributed by atoms with E-state index < -0.39 is 5.60 Å². The van der Waals surface area contributed by atoms with Gasteiger partial charge in [0.2, 0.25) is 0 Å². The first-order valence-corrected chi connectivity index (χ1v) is 9.65. The number of phenols is 1. The van der Waals surface area contributed by atoms with Crippen molar-refractivity contribution in [3.05, 3.63) is 99.1 Å². The first-order chi connectivity index (χ1) is 13.3. The number of aromatic hydroxyl groups is 1. The molecule has 0 bridgehead atoms. The van der Waals surface area contributed by atoms with E-state index in [4.69, 9.17) is 16.3 Å². The maximum Gasteiger partial charge on any atom is 0.340 e. The molecule has 4 rings (SSSR count). The largest absolute Gasteiger partial charge is 0.508 e. The van der Waals surface area contributed by atoms with E-state index in [-0.39, 0.29) is 17.6 Å². The van der Waals surface area contributed by atoms with Crippen molar-refractivity contribution in [1.82, 2.24) is 0 Å². The number of rotatable bonds is 3. The summed E-state index contributed by atoms with van der Waals surface area (Å²) in [6.07, 6.45) is 0. The number of esters is 1. The van der Waals surface area contributed by atoms with Gasteiger partial charge in [0.25, 0.3) is 0 Å². The highest BCUT2D eigenvalue weighted by Crippen LogP contribution is 2.49. The van der Waals surface area contributed by atoms with Gasteiger partial charge in [0.1, 0.15) is 5.75 Å². The molecule has 0 fully saturated rings. The second-order valence-electron chi connectivity index (χ2n) is 7.50. The van der Waals surface area contributed by atoms with E-state index >= 15 is 0 Å². The number of ether oxygens (including phenoxy) is 1. The average Bonchev–Trinajstić information content (AvgIpc) is 2.96. The van der Waals surface area contributed by atoms with Gasteiger partial charge in [-0.05, 0) is 54.3 Å². The SMILES string of the molecule is Cc1cc(O)c(C(C)C)cc1[C@]1(c2ccc(Cl)cc2)OC(=O)c2ccccc21. The Labute approximate surface area is 169 Å². The molecule has 4 heteroatoms. The van der Waals surface area contributed by atoms with Crippen molar-refractivity contribution in [3.63, 3.8) is 0 Å². The zero-order valence-electron chi connectivity index (χ0n) is 16.0. The van der Waals surface area contributed by atoms with Gasteiger partial charge < -0.3 is 9.84 Å². The second-order valence-corrected chi connectivity index (χ2v) is 7.94. The van der Waals surface area contributed by atoms with Gasteiger partial charge in [-0.2, -0.15) is 0 Å². The number of hydrogen-bond donors (Lipinski definition) is 1. The number of fused-ring (bicyclic) bond motifs is 1. The van der Waals surface area contributed by atoms with Crippen LogP contribution in [0, 0.1) is 6.92 Å². The summed E-state index contributed by atoms with van der Waals surface area (Å²) in [5.74, 6) is 0.0122. The van der Waals surface area contributed by atoms with Crippen LogP contribution in [-0.2, 0) is 10.3 Å². The van der Waals surface area contributed by atoms with Crippen molar-refractivity contribution >= 4 is 17.6 Å². The number of carbonyl (C=O) groups is 1. The first-order valence-electron chi connectivity index (χ1n) is 9.27. The number of hydrogen-bond acceptors (Lipinski definition) is 3. The molecule has 0 spiro atoms. The standard InChI is InChI=1S/C24H21ClO3/c1-14(2)19-13-21(15(3)12-22(19)26)24(16-8-10-17(25)11-9-16)20-7-5-4-6-18(20)23(27)28-24/h4-14,26H,1-3H3/t24-/m1/s1. The topological polar surface area (TPSA) is 46.5 Å². The molecule has 0 aromatic heterocycles. The van der Waals surface area contributed by atoms with Crippen LogP contribution in [0.1, 0.15) is 57.9 Å². The minimum absolute atomic E-state index is 0.119. The molecule has 1 atom stereocenters. The summed E-state index contributed by atoms with van der Waals surface area (Å²) in [5.41, 5.74) is 3.59. The lowest BCUT2D eigenvalue weighted by molar-refractivity contribution is 0.0249. The average molecular weight is 393 g/mol. The van der Waals surface area contributed by atoms with E-state index in [1.165, 1.54) is 0 Å². The number of halogens is 1. The minimum Gasteiger partial charge on any atom is -0.508 e. The molecule has 3 aromatic carbocycles.